The lowest BCUT2D eigenvalue weighted by Crippen LogP contribution is -2.19. The molecule has 0 bridgehead atoms. The SMILES string of the molecule is c1ccc2c(-c3cnc4[nH]cc(-c5ccnc(NC6CCCCCC6)n5)c4c3)cccc2c1. The second-order valence-electron chi connectivity index (χ2n) is 8.95. The van der Waals surface area contributed by atoms with E-state index in [1.54, 1.807) is 0 Å². The largest absolute Gasteiger partial charge is 0.351 e. The van der Waals surface area contributed by atoms with Crippen LogP contribution in [0.5, 0.6) is 0 Å². The molecule has 1 aliphatic rings. The van der Waals surface area contributed by atoms with Crippen molar-refractivity contribution >= 4 is 27.8 Å². The molecular weight excluding hydrogens is 406 g/mol. The van der Waals surface area contributed by atoms with Crippen LogP contribution in [0.2, 0.25) is 0 Å². The lowest BCUT2D eigenvalue weighted by molar-refractivity contribution is 0.615. The maximum Gasteiger partial charge on any atom is 0.223 e. The summed E-state index contributed by atoms with van der Waals surface area (Å²) < 4.78 is 0. The summed E-state index contributed by atoms with van der Waals surface area (Å²) in [5, 5.41) is 7.11. The fourth-order valence-electron chi connectivity index (χ4n) is 5.02. The van der Waals surface area contributed by atoms with Gasteiger partial charge in [-0.15, -0.1) is 0 Å². The molecule has 0 amide bonds. The van der Waals surface area contributed by atoms with Crippen LogP contribution in [0.25, 0.3) is 44.2 Å². The molecule has 3 heterocycles. The summed E-state index contributed by atoms with van der Waals surface area (Å²) in [4.78, 5) is 17.4. The Labute approximate surface area is 193 Å². The second-order valence-corrected chi connectivity index (χ2v) is 8.95. The summed E-state index contributed by atoms with van der Waals surface area (Å²) in [6.45, 7) is 0. The Balaban J connectivity index is 1.38. The van der Waals surface area contributed by atoms with Gasteiger partial charge in [-0.2, -0.15) is 0 Å². The van der Waals surface area contributed by atoms with Crippen LogP contribution in [0.1, 0.15) is 38.5 Å². The second kappa shape index (κ2) is 8.66. The molecule has 33 heavy (non-hydrogen) atoms. The van der Waals surface area contributed by atoms with Gasteiger partial charge in [-0.3, -0.25) is 0 Å². The molecule has 2 N–H and O–H groups in total. The number of aromatic amines is 1. The summed E-state index contributed by atoms with van der Waals surface area (Å²) in [6.07, 6.45) is 13.4. The van der Waals surface area contributed by atoms with E-state index in [1.165, 1.54) is 54.9 Å². The highest BCUT2D eigenvalue weighted by Crippen LogP contribution is 2.33. The first-order chi connectivity index (χ1) is 16.3. The molecule has 0 saturated heterocycles. The smallest absolute Gasteiger partial charge is 0.223 e. The van der Waals surface area contributed by atoms with E-state index in [1.807, 2.05) is 24.7 Å². The quantitative estimate of drug-likeness (QED) is 0.300. The number of fused-ring (bicyclic) bond motifs is 2. The third-order valence-electron chi connectivity index (χ3n) is 6.75. The Hall–Kier alpha value is -3.73. The van der Waals surface area contributed by atoms with Crippen LogP contribution in [-0.2, 0) is 0 Å². The number of aromatic nitrogens is 4. The van der Waals surface area contributed by atoms with Gasteiger partial charge in [0.2, 0.25) is 5.95 Å². The summed E-state index contributed by atoms with van der Waals surface area (Å²) in [5.41, 5.74) is 5.11. The molecule has 0 unspecified atom stereocenters. The first-order valence-electron chi connectivity index (χ1n) is 11.9. The maximum absolute atomic E-state index is 4.87. The van der Waals surface area contributed by atoms with Crippen molar-refractivity contribution in [3.63, 3.8) is 0 Å². The first kappa shape index (κ1) is 19.9. The average molecular weight is 434 g/mol. The summed E-state index contributed by atoms with van der Waals surface area (Å²) in [7, 11) is 0. The Morgan fingerprint density at radius 1 is 0.818 bits per heavy atom. The van der Waals surface area contributed by atoms with E-state index in [0.717, 1.165) is 27.9 Å². The molecule has 6 rings (SSSR count). The predicted molar refractivity (Wildman–Crippen MR) is 135 cm³/mol. The van der Waals surface area contributed by atoms with E-state index in [4.69, 9.17) is 9.97 Å². The normalized spacial score (nSPS) is 15.0. The summed E-state index contributed by atoms with van der Waals surface area (Å²) in [6, 6.07) is 19.6. The Kier molecular flexibility index (Phi) is 5.23. The van der Waals surface area contributed by atoms with Crippen molar-refractivity contribution in [3.05, 3.63) is 73.2 Å². The van der Waals surface area contributed by atoms with Gasteiger partial charge < -0.3 is 10.3 Å². The van der Waals surface area contributed by atoms with Crippen LogP contribution in [0.3, 0.4) is 0 Å². The van der Waals surface area contributed by atoms with Crippen molar-refractivity contribution in [2.75, 3.05) is 5.32 Å². The van der Waals surface area contributed by atoms with Crippen LogP contribution in [0, 0.1) is 0 Å². The molecule has 1 aliphatic carbocycles. The predicted octanol–water partition coefficient (Wildman–Crippen LogP) is 6.97. The molecule has 1 fully saturated rings. The zero-order valence-corrected chi connectivity index (χ0v) is 18.6. The third-order valence-corrected chi connectivity index (χ3v) is 6.75. The summed E-state index contributed by atoms with van der Waals surface area (Å²) >= 11 is 0. The van der Waals surface area contributed by atoms with Crippen LogP contribution >= 0.6 is 0 Å². The van der Waals surface area contributed by atoms with Crippen molar-refractivity contribution in [3.8, 4) is 22.4 Å². The van der Waals surface area contributed by atoms with Crippen molar-refractivity contribution in [1.82, 2.24) is 19.9 Å². The number of hydrogen-bond acceptors (Lipinski definition) is 4. The maximum atomic E-state index is 4.87. The Morgan fingerprint density at radius 2 is 1.67 bits per heavy atom. The lowest BCUT2D eigenvalue weighted by atomic mass is 9.98. The van der Waals surface area contributed by atoms with Gasteiger partial charge in [-0.1, -0.05) is 68.1 Å². The standard InChI is InChI=1S/C28H27N5/c1-2-4-11-21(10-3-1)32-28-29-15-14-26(33-28)25-18-31-27-24(25)16-20(17-30-27)23-13-7-9-19-8-5-6-12-22(19)23/h5-9,12-18,21H,1-4,10-11H2,(H,30,31)(H,29,32,33). The lowest BCUT2D eigenvalue weighted by Gasteiger charge is -2.16. The molecule has 1 saturated carbocycles. The minimum atomic E-state index is 0.463. The molecule has 0 atom stereocenters. The monoisotopic (exact) mass is 433 g/mol. The minimum absolute atomic E-state index is 0.463. The molecule has 5 aromatic rings. The fraction of sp³-hybridized carbons (Fsp3) is 0.250. The Morgan fingerprint density at radius 3 is 2.58 bits per heavy atom. The number of nitrogens with one attached hydrogen (secondary N) is 2. The highest BCUT2D eigenvalue weighted by molar-refractivity contribution is 6.00. The van der Waals surface area contributed by atoms with Gasteiger partial charge in [0, 0.05) is 41.1 Å². The van der Waals surface area contributed by atoms with E-state index in [9.17, 15) is 0 Å². The zero-order valence-electron chi connectivity index (χ0n) is 18.6. The van der Waals surface area contributed by atoms with E-state index in [0.29, 0.717) is 12.0 Å². The van der Waals surface area contributed by atoms with E-state index < -0.39 is 0 Å². The number of H-pyrrole nitrogens is 1. The molecule has 5 heteroatoms. The highest BCUT2D eigenvalue weighted by atomic mass is 15.1. The number of anilines is 1. The third kappa shape index (κ3) is 3.95. The van der Waals surface area contributed by atoms with Gasteiger partial charge in [0.05, 0.1) is 5.69 Å². The van der Waals surface area contributed by atoms with Crippen molar-refractivity contribution < 1.29 is 0 Å². The minimum Gasteiger partial charge on any atom is -0.351 e. The van der Waals surface area contributed by atoms with Gasteiger partial charge in [0.15, 0.2) is 0 Å². The van der Waals surface area contributed by atoms with Gasteiger partial charge >= 0.3 is 0 Å². The number of pyridine rings is 1. The Bertz CT molecular complexity index is 1410. The number of benzene rings is 2. The van der Waals surface area contributed by atoms with Gasteiger partial charge in [0.1, 0.15) is 5.65 Å². The molecule has 5 nitrogen and oxygen atoms in total. The van der Waals surface area contributed by atoms with E-state index in [-0.39, 0.29) is 0 Å². The fourth-order valence-corrected chi connectivity index (χ4v) is 5.02. The van der Waals surface area contributed by atoms with E-state index >= 15 is 0 Å². The average Bonchev–Trinajstić information content (AvgIpc) is 3.12. The highest BCUT2D eigenvalue weighted by Gasteiger charge is 2.15. The number of hydrogen-bond donors (Lipinski definition) is 2. The van der Waals surface area contributed by atoms with Gasteiger partial charge in [0.25, 0.3) is 0 Å². The van der Waals surface area contributed by atoms with Crippen molar-refractivity contribution in [2.24, 2.45) is 0 Å². The van der Waals surface area contributed by atoms with Gasteiger partial charge in [-0.25, -0.2) is 15.0 Å². The molecule has 164 valence electrons. The van der Waals surface area contributed by atoms with Gasteiger partial charge in [-0.05, 0) is 41.3 Å². The molecule has 0 aliphatic heterocycles. The van der Waals surface area contributed by atoms with Crippen molar-refractivity contribution in [2.45, 2.75) is 44.6 Å². The first-order valence-corrected chi connectivity index (χ1v) is 11.9. The van der Waals surface area contributed by atoms with E-state index in [2.05, 4.69) is 63.8 Å². The molecule has 3 aromatic heterocycles. The molecular formula is C28H27N5. The number of nitrogens with zero attached hydrogens (tertiary/aromatic N) is 3. The molecule has 0 radical (unpaired) electrons. The summed E-state index contributed by atoms with van der Waals surface area (Å²) in [5.74, 6) is 0.715. The number of rotatable bonds is 4. The van der Waals surface area contributed by atoms with Crippen LogP contribution < -0.4 is 5.32 Å². The molecule has 2 aromatic carbocycles. The van der Waals surface area contributed by atoms with Crippen molar-refractivity contribution in [1.29, 1.82) is 0 Å². The topological polar surface area (TPSA) is 66.5 Å². The molecule has 0 spiro atoms. The van der Waals surface area contributed by atoms with Crippen LogP contribution in [-0.4, -0.2) is 26.0 Å². The van der Waals surface area contributed by atoms with Crippen LogP contribution in [0.15, 0.2) is 73.2 Å². The van der Waals surface area contributed by atoms with Crippen LogP contribution in [0.4, 0.5) is 5.95 Å². The zero-order chi connectivity index (χ0) is 22.0.